The van der Waals surface area contributed by atoms with Crippen LogP contribution in [0.2, 0.25) is 5.02 Å². The molecule has 0 radical (unpaired) electrons. The van der Waals surface area contributed by atoms with Crippen LogP contribution in [0.25, 0.3) is 0 Å². The van der Waals surface area contributed by atoms with Gasteiger partial charge in [-0.2, -0.15) is 0 Å². The van der Waals surface area contributed by atoms with Crippen LogP contribution in [0.15, 0.2) is 64.0 Å². The van der Waals surface area contributed by atoms with Crippen LogP contribution in [0.1, 0.15) is 30.5 Å². The van der Waals surface area contributed by atoms with Gasteiger partial charge in [0.05, 0.1) is 0 Å². The zero-order valence-corrected chi connectivity index (χ0v) is 18.6. The normalized spacial score (nSPS) is 12.4. The molecule has 2 aromatic carbocycles. The average Bonchev–Trinajstić information content (AvgIpc) is 2.79. The first-order valence-electron chi connectivity index (χ1n) is 9.56. The predicted octanol–water partition coefficient (Wildman–Crippen LogP) is 3.77. The number of nitrogens with one attached hydrogen (secondary N) is 1. The second-order valence-electron chi connectivity index (χ2n) is 6.17. The SMILES string of the molecule is CCO/N=C(/C(C)=N/OCc1ccccc1/C(=N\OC)C(=O)NC)c1ccc(Cl)cc1. The Bertz CT molecular complexity index is 972. The molecule has 0 spiro atoms. The first kappa shape index (κ1) is 23.9. The molecule has 0 heterocycles. The Morgan fingerprint density at radius 1 is 1.00 bits per heavy atom. The van der Waals surface area contributed by atoms with Gasteiger partial charge in [0.15, 0.2) is 5.71 Å². The maximum Gasteiger partial charge on any atom is 0.273 e. The Kier molecular flexibility index (Phi) is 9.51. The first-order valence-corrected chi connectivity index (χ1v) is 9.93. The number of halogens is 1. The molecule has 0 fully saturated rings. The second-order valence-corrected chi connectivity index (χ2v) is 6.61. The van der Waals surface area contributed by atoms with Crippen molar-refractivity contribution in [3.8, 4) is 0 Å². The highest BCUT2D eigenvalue weighted by Gasteiger charge is 2.17. The summed E-state index contributed by atoms with van der Waals surface area (Å²) in [7, 11) is 2.90. The van der Waals surface area contributed by atoms with Gasteiger partial charge in [-0.05, 0) is 26.0 Å². The molecule has 0 bridgehead atoms. The Morgan fingerprint density at radius 2 is 1.71 bits per heavy atom. The first-order chi connectivity index (χ1) is 15.0. The van der Waals surface area contributed by atoms with Gasteiger partial charge in [-0.3, -0.25) is 4.79 Å². The van der Waals surface area contributed by atoms with Gasteiger partial charge in [-0.1, -0.05) is 63.5 Å². The van der Waals surface area contributed by atoms with Gasteiger partial charge in [0.1, 0.15) is 31.7 Å². The number of carbonyl (C=O) groups is 1. The molecule has 1 amide bonds. The molecule has 0 saturated heterocycles. The highest BCUT2D eigenvalue weighted by molar-refractivity contribution is 6.47. The van der Waals surface area contributed by atoms with Crippen LogP contribution in [0.5, 0.6) is 0 Å². The summed E-state index contributed by atoms with van der Waals surface area (Å²) < 4.78 is 0. The van der Waals surface area contributed by atoms with Gasteiger partial charge in [0.2, 0.25) is 0 Å². The van der Waals surface area contributed by atoms with E-state index in [1.165, 1.54) is 14.2 Å². The highest BCUT2D eigenvalue weighted by atomic mass is 35.5. The summed E-state index contributed by atoms with van der Waals surface area (Å²) in [5.74, 6) is -0.372. The van der Waals surface area contributed by atoms with Gasteiger partial charge >= 0.3 is 0 Å². The monoisotopic (exact) mass is 444 g/mol. The minimum atomic E-state index is -0.372. The molecule has 31 heavy (non-hydrogen) atoms. The van der Waals surface area contributed by atoms with E-state index in [4.69, 9.17) is 26.1 Å². The maximum atomic E-state index is 12.2. The van der Waals surface area contributed by atoms with Crippen molar-refractivity contribution >= 4 is 34.6 Å². The summed E-state index contributed by atoms with van der Waals surface area (Å²) in [5.41, 5.74) is 3.27. The van der Waals surface area contributed by atoms with E-state index in [-0.39, 0.29) is 18.2 Å². The van der Waals surface area contributed by atoms with E-state index in [0.717, 1.165) is 5.56 Å². The van der Waals surface area contributed by atoms with E-state index in [1.807, 2.05) is 31.2 Å². The molecule has 0 saturated carbocycles. The second kappa shape index (κ2) is 12.3. The fourth-order valence-electron chi connectivity index (χ4n) is 2.61. The third-order valence-electron chi connectivity index (χ3n) is 4.06. The Balaban J connectivity index is 2.25. The van der Waals surface area contributed by atoms with Gasteiger partial charge < -0.3 is 19.8 Å². The molecule has 8 nitrogen and oxygen atoms in total. The highest BCUT2D eigenvalue weighted by Crippen LogP contribution is 2.14. The van der Waals surface area contributed by atoms with E-state index in [9.17, 15) is 4.79 Å². The summed E-state index contributed by atoms with van der Waals surface area (Å²) >= 11 is 5.97. The minimum absolute atomic E-state index is 0.107. The molecule has 2 aromatic rings. The average molecular weight is 445 g/mol. The van der Waals surface area contributed by atoms with E-state index in [1.54, 1.807) is 31.2 Å². The molecule has 2 rings (SSSR count). The number of nitrogens with zero attached hydrogens (tertiary/aromatic N) is 3. The van der Waals surface area contributed by atoms with Crippen molar-refractivity contribution in [2.24, 2.45) is 15.5 Å². The molecule has 0 aromatic heterocycles. The number of carbonyl (C=O) groups excluding carboxylic acids is 1. The van der Waals surface area contributed by atoms with Gasteiger partial charge in [-0.25, -0.2) is 0 Å². The van der Waals surface area contributed by atoms with Crippen LogP contribution in [-0.2, 0) is 25.9 Å². The summed E-state index contributed by atoms with van der Waals surface area (Å²) in [6.45, 7) is 4.13. The number of likely N-dealkylation sites (N-methyl/N-ethyl adjacent to an activating group) is 1. The lowest BCUT2D eigenvalue weighted by Crippen LogP contribution is -2.29. The topological polar surface area (TPSA) is 93.9 Å². The lowest BCUT2D eigenvalue weighted by Gasteiger charge is -2.11. The number of rotatable bonds is 10. The van der Waals surface area contributed by atoms with Crippen LogP contribution in [0, 0.1) is 0 Å². The number of oxime groups is 3. The quantitative estimate of drug-likeness (QED) is 0.446. The van der Waals surface area contributed by atoms with Gasteiger partial charge in [0, 0.05) is 28.8 Å². The molecular weight excluding hydrogens is 420 g/mol. The standard InChI is InChI=1S/C22H25ClN4O4/c1-5-30-27-20(16-10-12-18(23)13-11-16)15(2)25-31-14-17-8-6-7-9-19(17)21(26-29-4)22(28)24-3/h6-13H,5,14H2,1-4H3,(H,24,28)/b25-15+,26-21+,27-20-. The number of hydrogen-bond donors (Lipinski definition) is 1. The third kappa shape index (κ3) is 6.82. The summed E-state index contributed by atoms with van der Waals surface area (Å²) in [4.78, 5) is 27.8. The molecule has 9 heteroatoms. The largest absolute Gasteiger partial charge is 0.398 e. The molecule has 0 aliphatic rings. The van der Waals surface area contributed by atoms with E-state index >= 15 is 0 Å². The molecule has 0 aliphatic carbocycles. The molecule has 0 atom stereocenters. The van der Waals surface area contributed by atoms with Crippen molar-refractivity contribution in [3.63, 3.8) is 0 Å². The fourth-order valence-corrected chi connectivity index (χ4v) is 2.73. The third-order valence-corrected chi connectivity index (χ3v) is 4.32. The van der Waals surface area contributed by atoms with Crippen LogP contribution in [-0.4, -0.2) is 43.8 Å². The molecule has 1 N–H and O–H groups in total. The van der Waals surface area contributed by atoms with Gasteiger partial charge in [0.25, 0.3) is 5.91 Å². The molecule has 0 aliphatic heterocycles. The van der Waals surface area contributed by atoms with E-state index in [0.29, 0.717) is 34.2 Å². The Morgan fingerprint density at radius 3 is 2.35 bits per heavy atom. The van der Waals surface area contributed by atoms with E-state index < -0.39 is 0 Å². The lowest BCUT2D eigenvalue weighted by molar-refractivity contribution is -0.114. The van der Waals surface area contributed by atoms with Crippen molar-refractivity contribution in [1.82, 2.24) is 5.32 Å². The van der Waals surface area contributed by atoms with Crippen molar-refractivity contribution in [3.05, 3.63) is 70.2 Å². The van der Waals surface area contributed by atoms with Crippen molar-refractivity contribution in [2.75, 3.05) is 20.8 Å². The predicted molar refractivity (Wildman–Crippen MR) is 122 cm³/mol. The Hall–Kier alpha value is -3.39. The van der Waals surface area contributed by atoms with Crippen molar-refractivity contribution in [1.29, 1.82) is 0 Å². The Labute approximate surface area is 186 Å². The van der Waals surface area contributed by atoms with Crippen molar-refractivity contribution in [2.45, 2.75) is 20.5 Å². The summed E-state index contributed by atoms with van der Waals surface area (Å²) in [6.07, 6.45) is 0. The number of amides is 1. The van der Waals surface area contributed by atoms with E-state index in [2.05, 4.69) is 20.8 Å². The number of benzene rings is 2. The van der Waals surface area contributed by atoms with Crippen LogP contribution < -0.4 is 5.32 Å². The fraction of sp³-hybridized carbons (Fsp3) is 0.273. The lowest BCUT2D eigenvalue weighted by atomic mass is 10.0. The summed E-state index contributed by atoms with van der Waals surface area (Å²) in [6, 6.07) is 14.4. The number of hydrogen-bond acceptors (Lipinski definition) is 7. The van der Waals surface area contributed by atoms with Gasteiger partial charge in [-0.15, -0.1) is 0 Å². The summed E-state index contributed by atoms with van der Waals surface area (Å²) in [5, 5.41) is 15.3. The van der Waals surface area contributed by atoms with Crippen LogP contribution >= 0.6 is 11.6 Å². The smallest absolute Gasteiger partial charge is 0.273 e. The maximum absolute atomic E-state index is 12.2. The molecule has 0 unspecified atom stereocenters. The van der Waals surface area contributed by atoms with Crippen LogP contribution in [0.3, 0.4) is 0 Å². The zero-order chi connectivity index (χ0) is 22.6. The minimum Gasteiger partial charge on any atom is -0.398 e. The molecule has 164 valence electrons. The van der Waals surface area contributed by atoms with Crippen molar-refractivity contribution < 1.29 is 19.3 Å². The van der Waals surface area contributed by atoms with Crippen LogP contribution in [0.4, 0.5) is 0 Å². The zero-order valence-electron chi connectivity index (χ0n) is 17.9. The molecular formula is C22H25ClN4O4.